The summed E-state index contributed by atoms with van der Waals surface area (Å²) in [7, 11) is 0. The SMILES string of the molecule is CC(C)(C)C(=O)NCc1ccc(Cl)cc1Cl. The minimum atomic E-state index is -0.390. The Hall–Kier alpha value is -0.730. The van der Waals surface area contributed by atoms with E-state index in [1.807, 2.05) is 26.8 Å². The van der Waals surface area contributed by atoms with Gasteiger partial charge < -0.3 is 5.32 Å². The number of hydrogen-bond donors (Lipinski definition) is 1. The molecule has 0 aromatic heterocycles. The molecule has 1 amide bonds. The molecule has 0 saturated heterocycles. The smallest absolute Gasteiger partial charge is 0.225 e. The highest BCUT2D eigenvalue weighted by molar-refractivity contribution is 6.35. The van der Waals surface area contributed by atoms with Gasteiger partial charge in [-0.25, -0.2) is 0 Å². The van der Waals surface area contributed by atoms with Gasteiger partial charge in [-0.3, -0.25) is 4.79 Å². The number of carbonyl (C=O) groups excluding carboxylic acids is 1. The van der Waals surface area contributed by atoms with Gasteiger partial charge in [0.15, 0.2) is 0 Å². The molecule has 1 N–H and O–H groups in total. The predicted octanol–water partition coefficient (Wildman–Crippen LogP) is 3.66. The van der Waals surface area contributed by atoms with Crippen LogP contribution in [-0.2, 0) is 11.3 Å². The van der Waals surface area contributed by atoms with Crippen molar-refractivity contribution in [1.82, 2.24) is 5.32 Å². The van der Waals surface area contributed by atoms with Crippen LogP contribution >= 0.6 is 23.2 Å². The number of benzene rings is 1. The molecule has 0 aliphatic carbocycles. The summed E-state index contributed by atoms with van der Waals surface area (Å²) in [5.74, 6) is -0.00137. The van der Waals surface area contributed by atoms with E-state index < -0.39 is 0 Å². The van der Waals surface area contributed by atoms with Crippen LogP contribution in [0.4, 0.5) is 0 Å². The molecule has 4 heteroatoms. The van der Waals surface area contributed by atoms with E-state index in [1.54, 1.807) is 12.1 Å². The molecule has 0 unspecified atom stereocenters. The number of amides is 1. The van der Waals surface area contributed by atoms with E-state index in [0.29, 0.717) is 16.6 Å². The lowest BCUT2D eigenvalue weighted by Crippen LogP contribution is -2.34. The Labute approximate surface area is 106 Å². The molecule has 16 heavy (non-hydrogen) atoms. The van der Waals surface area contributed by atoms with Crippen LogP contribution < -0.4 is 5.32 Å². The summed E-state index contributed by atoms with van der Waals surface area (Å²) in [6.07, 6.45) is 0. The second kappa shape index (κ2) is 5.07. The lowest BCUT2D eigenvalue weighted by atomic mass is 9.95. The molecule has 2 nitrogen and oxygen atoms in total. The predicted molar refractivity (Wildman–Crippen MR) is 67.8 cm³/mol. The average molecular weight is 260 g/mol. The quantitative estimate of drug-likeness (QED) is 0.863. The van der Waals surface area contributed by atoms with Crippen molar-refractivity contribution in [3.05, 3.63) is 33.8 Å². The molecule has 0 saturated carbocycles. The standard InChI is InChI=1S/C12H15Cl2NO/c1-12(2,3)11(16)15-7-8-4-5-9(13)6-10(8)14/h4-6H,7H2,1-3H3,(H,15,16). The van der Waals surface area contributed by atoms with Gasteiger partial charge in [0.05, 0.1) is 0 Å². The first-order chi connectivity index (χ1) is 7.30. The van der Waals surface area contributed by atoms with Crippen LogP contribution in [0.25, 0.3) is 0 Å². The van der Waals surface area contributed by atoms with Crippen molar-refractivity contribution >= 4 is 29.1 Å². The molecule has 1 aromatic rings. The van der Waals surface area contributed by atoms with Crippen LogP contribution in [-0.4, -0.2) is 5.91 Å². The number of carbonyl (C=O) groups is 1. The number of halogens is 2. The molecule has 0 spiro atoms. The highest BCUT2D eigenvalue weighted by Gasteiger charge is 2.20. The van der Waals surface area contributed by atoms with Gasteiger partial charge in [-0.1, -0.05) is 50.0 Å². The van der Waals surface area contributed by atoms with Crippen molar-refractivity contribution in [3.8, 4) is 0 Å². The highest BCUT2D eigenvalue weighted by atomic mass is 35.5. The summed E-state index contributed by atoms with van der Waals surface area (Å²) in [6, 6.07) is 5.24. The number of nitrogens with one attached hydrogen (secondary N) is 1. The molecular weight excluding hydrogens is 245 g/mol. The van der Waals surface area contributed by atoms with Gasteiger partial charge in [0.25, 0.3) is 0 Å². The largest absolute Gasteiger partial charge is 0.352 e. The van der Waals surface area contributed by atoms with E-state index in [0.717, 1.165) is 5.56 Å². The molecule has 0 radical (unpaired) electrons. The Bertz CT molecular complexity index is 396. The topological polar surface area (TPSA) is 29.1 Å². The molecule has 0 heterocycles. The lowest BCUT2D eigenvalue weighted by Gasteiger charge is -2.18. The van der Waals surface area contributed by atoms with Crippen molar-refractivity contribution in [2.24, 2.45) is 5.41 Å². The van der Waals surface area contributed by atoms with Gasteiger partial charge in [0, 0.05) is 22.0 Å². The Balaban J connectivity index is 2.65. The van der Waals surface area contributed by atoms with Crippen molar-refractivity contribution < 1.29 is 4.79 Å². The Morgan fingerprint density at radius 2 is 1.94 bits per heavy atom. The summed E-state index contributed by atoms with van der Waals surface area (Å²) < 4.78 is 0. The van der Waals surface area contributed by atoms with E-state index in [2.05, 4.69) is 5.32 Å². The van der Waals surface area contributed by atoms with Gasteiger partial charge >= 0.3 is 0 Å². The molecule has 1 aromatic carbocycles. The minimum Gasteiger partial charge on any atom is -0.352 e. The van der Waals surface area contributed by atoms with E-state index in [9.17, 15) is 4.79 Å². The maximum Gasteiger partial charge on any atom is 0.225 e. The van der Waals surface area contributed by atoms with Crippen molar-refractivity contribution in [2.45, 2.75) is 27.3 Å². The summed E-state index contributed by atoms with van der Waals surface area (Å²) in [5.41, 5.74) is 0.475. The second-order valence-corrected chi connectivity index (χ2v) is 5.51. The normalized spacial score (nSPS) is 11.3. The zero-order valence-corrected chi connectivity index (χ0v) is 11.1. The Morgan fingerprint density at radius 3 is 2.44 bits per heavy atom. The number of hydrogen-bond acceptors (Lipinski definition) is 1. The molecular formula is C12H15Cl2NO. The monoisotopic (exact) mass is 259 g/mol. The van der Waals surface area contributed by atoms with Gasteiger partial charge in [-0.05, 0) is 17.7 Å². The molecule has 1 rings (SSSR count). The van der Waals surface area contributed by atoms with Crippen LogP contribution in [0, 0.1) is 5.41 Å². The van der Waals surface area contributed by atoms with Crippen LogP contribution in [0.15, 0.2) is 18.2 Å². The van der Waals surface area contributed by atoms with E-state index in [-0.39, 0.29) is 11.3 Å². The molecule has 0 aliphatic rings. The molecule has 0 atom stereocenters. The van der Waals surface area contributed by atoms with Gasteiger partial charge in [-0.2, -0.15) is 0 Å². The third-order valence-electron chi connectivity index (χ3n) is 2.14. The maximum atomic E-state index is 11.6. The zero-order chi connectivity index (χ0) is 12.3. The van der Waals surface area contributed by atoms with Crippen LogP contribution in [0.5, 0.6) is 0 Å². The third kappa shape index (κ3) is 3.69. The summed E-state index contributed by atoms with van der Waals surface area (Å²) in [6.45, 7) is 6.02. The van der Waals surface area contributed by atoms with Crippen LogP contribution in [0.2, 0.25) is 10.0 Å². The summed E-state index contributed by atoms with van der Waals surface area (Å²) >= 11 is 11.8. The Kier molecular flexibility index (Phi) is 4.22. The van der Waals surface area contributed by atoms with Gasteiger partial charge in [0.2, 0.25) is 5.91 Å². The van der Waals surface area contributed by atoms with E-state index in [1.165, 1.54) is 0 Å². The van der Waals surface area contributed by atoms with E-state index >= 15 is 0 Å². The first-order valence-electron chi connectivity index (χ1n) is 5.03. The molecule has 88 valence electrons. The van der Waals surface area contributed by atoms with Gasteiger partial charge in [0.1, 0.15) is 0 Å². The first kappa shape index (κ1) is 13.3. The zero-order valence-electron chi connectivity index (χ0n) is 9.60. The van der Waals surface area contributed by atoms with Crippen molar-refractivity contribution in [3.63, 3.8) is 0 Å². The highest BCUT2D eigenvalue weighted by Crippen LogP contribution is 2.21. The summed E-state index contributed by atoms with van der Waals surface area (Å²) in [4.78, 5) is 11.6. The third-order valence-corrected chi connectivity index (χ3v) is 2.72. The minimum absolute atomic E-state index is 0.00137. The van der Waals surface area contributed by atoms with Gasteiger partial charge in [-0.15, -0.1) is 0 Å². The van der Waals surface area contributed by atoms with Crippen molar-refractivity contribution in [1.29, 1.82) is 0 Å². The Morgan fingerprint density at radius 1 is 1.31 bits per heavy atom. The van der Waals surface area contributed by atoms with Crippen molar-refractivity contribution in [2.75, 3.05) is 0 Å². The first-order valence-corrected chi connectivity index (χ1v) is 5.78. The van der Waals surface area contributed by atoms with Crippen LogP contribution in [0.1, 0.15) is 26.3 Å². The fraction of sp³-hybridized carbons (Fsp3) is 0.417. The molecule has 0 fully saturated rings. The second-order valence-electron chi connectivity index (χ2n) is 4.67. The number of rotatable bonds is 2. The lowest BCUT2D eigenvalue weighted by molar-refractivity contribution is -0.128. The molecule has 0 bridgehead atoms. The fourth-order valence-electron chi connectivity index (χ4n) is 1.11. The maximum absolute atomic E-state index is 11.6. The van der Waals surface area contributed by atoms with E-state index in [4.69, 9.17) is 23.2 Å². The average Bonchev–Trinajstić information content (AvgIpc) is 2.14. The van der Waals surface area contributed by atoms with Crippen LogP contribution in [0.3, 0.4) is 0 Å². The fourth-order valence-corrected chi connectivity index (χ4v) is 1.58. The molecule has 0 aliphatic heterocycles. The summed E-state index contributed by atoms with van der Waals surface area (Å²) in [5, 5.41) is 4.00.